The molecule has 1 heterocycles. The molecule has 2 atom stereocenters. The molecule has 1 aliphatic carbocycles. The third kappa shape index (κ3) is 6.40. The molecule has 0 radical (unpaired) electrons. The summed E-state index contributed by atoms with van der Waals surface area (Å²) in [6.45, 7) is 2.51. The molecule has 8 heteroatoms. The molecule has 1 aromatic carbocycles. The molecule has 164 valence electrons. The van der Waals surface area contributed by atoms with Gasteiger partial charge in [0.25, 0.3) is 0 Å². The number of carbonyl (C=O) groups is 2. The summed E-state index contributed by atoms with van der Waals surface area (Å²) in [7, 11) is -3.87. The van der Waals surface area contributed by atoms with Crippen LogP contribution in [0.15, 0.2) is 35.2 Å². The van der Waals surface area contributed by atoms with Crippen molar-refractivity contribution in [1.82, 2.24) is 5.32 Å². The van der Waals surface area contributed by atoms with Gasteiger partial charge in [0.1, 0.15) is 5.75 Å². The van der Waals surface area contributed by atoms with E-state index in [0.717, 1.165) is 11.3 Å². The molecule has 2 aliphatic rings. The van der Waals surface area contributed by atoms with Gasteiger partial charge in [-0.15, -0.1) is 0 Å². The average Bonchev–Trinajstić information content (AvgIpc) is 3.51. The van der Waals surface area contributed by atoms with E-state index in [1.165, 1.54) is 12.8 Å². The number of ether oxygens (including phenoxy) is 1. The Labute approximate surface area is 178 Å². The van der Waals surface area contributed by atoms with Crippen LogP contribution >= 0.6 is 0 Å². The number of allylic oxidation sites excluding steroid dienone is 2. The van der Waals surface area contributed by atoms with Gasteiger partial charge < -0.3 is 4.74 Å². The molecule has 3 rings (SSSR count). The minimum Gasteiger partial charge on any atom is -0.493 e. The lowest BCUT2D eigenvalue weighted by atomic mass is 9.92. The van der Waals surface area contributed by atoms with Crippen LogP contribution in [0.4, 0.5) is 0 Å². The molecule has 7 nitrogen and oxygen atoms in total. The van der Waals surface area contributed by atoms with Crippen molar-refractivity contribution in [3.05, 3.63) is 40.8 Å². The van der Waals surface area contributed by atoms with E-state index in [0.29, 0.717) is 44.6 Å². The lowest BCUT2D eigenvalue weighted by Gasteiger charge is -2.20. The lowest BCUT2D eigenvalue weighted by molar-refractivity contribution is -0.136. The molecule has 0 spiro atoms. The van der Waals surface area contributed by atoms with Gasteiger partial charge in [0, 0.05) is 18.3 Å². The quantitative estimate of drug-likeness (QED) is 0.434. The topological polar surface area (TPSA) is 116 Å². The van der Waals surface area contributed by atoms with Gasteiger partial charge >= 0.3 is 0 Å². The summed E-state index contributed by atoms with van der Waals surface area (Å²) in [5.41, 5.74) is 0.828. The van der Waals surface area contributed by atoms with Crippen molar-refractivity contribution in [2.75, 3.05) is 6.61 Å². The van der Waals surface area contributed by atoms with E-state index >= 15 is 0 Å². The number of primary sulfonamides is 1. The molecule has 30 heavy (non-hydrogen) atoms. The second-order valence-corrected chi connectivity index (χ2v) is 9.84. The van der Waals surface area contributed by atoms with Gasteiger partial charge in [0.2, 0.25) is 21.8 Å². The Kier molecular flexibility index (Phi) is 7.31. The number of nitrogens with two attached hydrogens (primary N) is 1. The smallest absolute Gasteiger partial charge is 0.234 e. The Balaban J connectivity index is 1.62. The predicted molar refractivity (Wildman–Crippen MR) is 114 cm³/mol. The first-order valence-electron chi connectivity index (χ1n) is 10.5. The Morgan fingerprint density at radius 2 is 2.07 bits per heavy atom. The highest BCUT2D eigenvalue weighted by Gasteiger charge is 2.26. The zero-order chi connectivity index (χ0) is 21.7. The van der Waals surface area contributed by atoms with Crippen molar-refractivity contribution >= 4 is 21.8 Å². The van der Waals surface area contributed by atoms with E-state index in [4.69, 9.17) is 9.88 Å². The summed E-state index contributed by atoms with van der Waals surface area (Å²) in [4.78, 5) is 23.2. The SMILES string of the molecule is C[C@@H](C(=CCCCC1CCC(=O)NC1=O)S(N)(=O)=O)c1cccc(OCC2CC2)c1. The van der Waals surface area contributed by atoms with Crippen molar-refractivity contribution in [3.63, 3.8) is 0 Å². The maximum atomic E-state index is 12.2. The van der Waals surface area contributed by atoms with Gasteiger partial charge in [-0.25, -0.2) is 13.6 Å². The lowest BCUT2D eigenvalue weighted by Crippen LogP contribution is -2.40. The maximum Gasteiger partial charge on any atom is 0.234 e. The summed E-state index contributed by atoms with van der Waals surface area (Å²) in [6.07, 6.45) is 6.69. The number of piperidine rings is 1. The number of imide groups is 1. The summed E-state index contributed by atoms with van der Waals surface area (Å²) >= 11 is 0. The molecule has 1 aromatic rings. The first-order valence-corrected chi connectivity index (χ1v) is 12.1. The third-order valence-corrected chi connectivity index (χ3v) is 6.93. The molecular weight excluding hydrogens is 404 g/mol. The van der Waals surface area contributed by atoms with Gasteiger partial charge in [-0.1, -0.05) is 25.1 Å². The Morgan fingerprint density at radius 1 is 1.30 bits per heavy atom. The molecule has 1 aliphatic heterocycles. The first kappa shape index (κ1) is 22.5. The summed E-state index contributed by atoms with van der Waals surface area (Å²) in [5.74, 6) is 0.295. The van der Waals surface area contributed by atoms with Crippen LogP contribution in [0.1, 0.15) is 63.4 Å². The minimum absolute atomic E-state index is 0.171. The van der Waals surface area contributed by atoms with E-state index in [1.54, 1.807) is 6.08 Å². The van der Waals surface area contributed by atoms with Crippen LogP contribution < -0.4 is 15.2 Å². The van der Waals surface area contributed by atoms with E-state index < -0.39 is 15.9 Å². The first-order chi connectivity index (χ1) is 14.2. The van der Waals surface area contributed by atoms with Crippen LogP contribution in [0.3, 0.4) is 0 Å². The largest absolute Gasteiger partial charge is 0.493 e. The predicted octanol–water partition coefficient (Wildman–Crippen LogP) is 2.97. The summed E-state index contributed by atoms with van der Waals surface area (Å²) < 4.78 is 30.2. The molecule has 3 N–H and O–H groups in total. The van der Waals surface area contributed by atoms with Crippen molar-refractivity contribution in [1.29, 1.82) is 0 Å². The number of unbranched alkanes of at least 4 members (excludes halogenated alkanes) is 1. The second kappa shape index (κ2) is 9.75. The molecule has 1 saturated heterocycles. The van der Waals surface area contributed by atoms with Gasteiger partial charge in [-0.05, 0) is 62.1 Å². The fourth-order valence-electron chi connectivity index (χ4n) is 3.70. The summed E-state index contributed by atoms with van der Waals surface area (Å²) in [5, 5.41) is 7.84. The fraction of sp³-hybridized carbons (Fsp3) is 0.545. The van der Waals surface area contributed by atoms with Gasteiger partial charge in [-0.3, -0.25) is 14.9 Å². The number of nitrogens with one attached hydrogen (secondary N) is 1. The zero-order valence-electron chi connectivity index (χ0n) is 17.3. The van der Waals surface area contributed by atoms with Crippen molar-refractivity contribution in [2.24, 2.45) is 17.0 Å². The second-order valence-electron chi connectivity index (χ2n) is 8.28. The zero-order valence-corrected chi connectivity index (χ0v) is 18.1. The van der Waals surface area contributed by atoms with Crippen LogP contribution in [0.25, 0.3) is 0 Å². The van der Waals surface area contributed by atoms with Gasteiger partial charge in [0.05, 0.1) is 11.5 Å². The van der Waals surface area contributed by atoms with Crippen LogP contribution in [0.2, 0.25) is 0 Å². The van der Waals surface area contributed by atoms with Crippen LogP contribution in [0, 0.1) is 11.8 Å². The van der Waals surface area contributed by atoms with E-state index in [2.05, 4.69) is 5.32 Å². The number of hydrogen-bond acceptors (Lipinski definition) is 5. The molecule has 2 amide bonds. The number of sulfonamides is 1. The number of rotatable bonds is 10. The van der Waals surface area contributed by atoms with E-state index in [9.17, 15) is 18.0 Å². The van der Waals surface area contributed by atoms with E-state index in [1.807, 2.05) is 31.2 Å². The number of benzene rings is 1. The maximum absolute atomic E-state index is 12.2. The number of carbonyl (C=O) groups excluding carboxylic acids is 2. The standard InChI is InChI=1S/C22H30N2O5S/c1-15(18-6-4-7-19(13-18)29-14-16-9-10-16)20(30(23,27)28)8-3-2-5-17-11-12-21(25)24-22(17)26/h4,6-8,13,15-17H,2-3,5,9-12,14H2,1H3,(H2,23,27,28)(H,24,25,26)/t15-,17?/m1/s1. The van der Waals surface area contributed by atoms with Crippen LogP contribution in [0.5, 0.6) is 5.75 Å². The number of hydrogen-bond donors (Lipinski definition) is 2. The molecule has 2 fully saturated rings. The normalized spacial score (nSPS) is 21.3. The highest BCUT2D eigenvalue weighted by atomic mass is 32.2. The minimum atomic E-state index is -3.87. The van der Waals surface area contributed by atoms with E-state index in [-0.39, 0.29) is 22.6 Å². The molecule has 1 unspecified atom stereocenters. The monoisotopic (exact) mass is 434 g/mol. The highest BCUT2D eigenvalue weighted by Crippen LogP contribution is 2.32. The molecule has 0 bridgehead atoms. The Morgan fingerprint density at radius 3 is 2.73 bits per heavy atom. The van der Waals surface area contributed by atoms with Gasteiger partial charge in [-0.2, -0.15) is 0 Å². The van der Waals surface area contributed by atoms with Crippen LogP contribution in [-0.4, -0.2) is 26.8 Å². The highest BCUT2D eigenvalue weighted by molar-refractivity contribution is 7.93. The third-order valence-electron chi connectivity index (χ3n) is 5.75. The summed E-state index contributed by atoms with van der Waals surface area (Å²) in [6, 6.07) is 7.48. The number of amides is 2. The molecular formula is C22H30N2O5S. The van der Waals surface area contributed by atoms with Gasteiger partial charge in [0.15, 0.2) is 0 Å². The Hall–Kier alpha value is -2.19. The fourth-order valence-corrected chi connectivity index (χ4v) is 4.68. The Bertz CT molecular complexity index is 921. The van der Waals surface area contributed by atoms with Crippen molar-refractivity contribution in [3.8, 4) is 5.75 Å². The van der Waals surface area contributed by atoms with Crippen LogP contribution in [-0.2, 0) is 19.6 Å². The molecule has 1 saturated carbocycles. The van der Waals surface area contributed by atoms with Crippen molar-refractivity contribution < 1.29 is 22.7 Å². The van der Waals surface area contributed by atoms with Crippen molar-refractivity contribution in [2.45, 2.75) is 57.8 Å². The average molecular weight is 435 g/mol. The molecule has 0 aromatic heterocycles.